The van der Waals surface area contributed by atoms with E-state index in [1.54, 1.807) is 0 Å². The summed E-state index contributed by atoms with van der Waals surface area (Å²) in [4.78, 5) is 0. The van der Waals surface area contributed by atoms with Crippen LogP contribution < -0.4 is 0 Å². The normalized spacial score (nSPS) is 0. The van der Waals surface area contributed by atoms with Gasteiger partial charge in [0.2, 0.25) is 0 Å². The van der Waals surface area contributed by atoms with Crippen molar-refractivity contribution in [1.29, 1.82) is 0 Å². The summed E-state index contributed by atoms with van der Waals surface area (Å²) in [6.07, 6.45) is 0. The minimum atomic E-state index is 0. The van der Waals surface area contributed by atoms with Gasteiger partial charge in [-0.3, -0.25) is 0 Å². The molecule has 0 aliphatic carbocycles. The monoisotopic (exact) mass is 451 g/mol. The molecule has 0 bridgehead atoms. The Morgan fingerprint density at radius 2 is 1.00 bits per heavy atom. The van der Waals surface area contributed by atoms with E-state index in [4.69, 9.17) is 0 Å². The summed E-state index contributed by atoms with van der Waals surface area (Å²) in [5.41, 5.74) is 0. The molecule has 0 aromatic heterocycles. The predicted octanol–water partition coefficient (Wildman–Crippen LogP) is -0.924. The van der Waals surface area contributed by atoms with Crippen molar-refractivity contribution in [3.63, 3.8) is 0 Å². The molecule has 0 aliphatic heterocycles. The minimum absolute atomic E-state index is 0. The third kappa shape index (κ3) is 8.89. The van der Waals surface area contributed by atoms with E-state index >= 15 is 0 Å². The fraction of sp³-hybridized carbons (Fsp3) is 0. The maximum atomic E-state index is 0. The van der Waals surface area contributed by atoms with E-state index in [9.17, 15) is 0 Å². The first-order chi connectivity index (χ1) is 0. The van der Waals surface area contributed by atoms with Gasteiger partial charge in [-0.1, -0.05) is 0 Å². The molecule has 0 aromatic carbocycles. The number of hydrogen-bond donors (Lipinski definition) is 0. The fourth-order valence-electron chi connectivity index (χ4n) is 0. The van der Waals surface area contributed by atoms with Gasteiger partial charge < -0.3 is 0 Å². The Balaban J connectivity index is 0. The Hall–Kier alpha value is 2.99. The summed E-state index contributed by atoms with van der Waals surface area (Å²) in [7, 11) is 0. The molecule has 0 atom stereocenters. The second kappa shape index (κ2) is 16.7. The SMILES string of the molecule is [Cd].[Cu].[PbH2].[Zn]. The van der Waals surface area contributed by atoms with Crippen LogP contribution in [0, 0.1) is 0 Å². The molecule has 4 heteroatoms. The van der Waals surface area contributed by atoms with E-state index < -0.39 is 0 Å². The first kappa shape index (κ1) is 28.1. The molecule has 3 radical (unpaired) electrons. The number of hydrogen-bond acceptors (Lipinski definition) is 0. The van der Waals surface area contributed by atoms with Gasteiger partial charge >= 0.3 is 27.3 Å². The molecular weight excluding hydrogens is 449 g/mol. The second-order valence-electron chi connectivity index (χ2n) is 0. The van der Waals surface area contributed by atoms with E-state index in [0.29, 0.717) is 0 Å². The summed E-state index contributed by atoms with van der Waals surface area (Å²) in [5, 5.41) is 0. The molecule has 0 spiro atoms. The van der Waals surface area contributed by atoms with E-state index in [2.05, 4.69) is 0 Å². The third-order valence-electron chi connectivity index (χ3n) is 0. The molecule has 0 aromatic rings. The standard InChI is InChI=1S/Cd.Cu.Pb.Zn.2H. The Kier molecular flexibility index (Phi) is 117. The zero-order valence-corrected chi connectivity index (χ0v) is 15.9. The largest absolute Gasteiger partial charge is 0 e. The minimum Gasteiger partial charge on any atom is 0 e. The van der Waals surface area contributed by atoms with Gasteiger partial charge in [-0.25, -0.2) is 0 Å². The molecule has 0 fully saturated rings. The van der Waals surface area contributed by atoms with Crippen molar-refractivity contribution >= 4 is 27.3 Å². The van der Waals surface area contributed by atoms with Crippen LogP contribution in [-0.4, -0.2) is 27.3 Å². The Labute approximate surface area is 89.4 Å². The zero-order chi connectivity index (χ0) is 0. The van der Waals surface area contributed by atoms with Crippen molar-refractivity contribution in [2.75, 3.05) is 0 Å². The summed E-state index contributed by atoms with van der Waals surface area (Å²) < 4.78 is 0. The zero-order valence-electron chi connectivity index (χ0n) is 2.42. The molecule has 0 amide bonds. The van der Waals surface area contributed by atoms with Crippen LogP contribution in [0.4, 0.5) is 0 Å². The van der Waals surface area contributed by atoms with Gasteiger partial charge in [0.05, 0.1) is 0 Å². The van der Waals surface area contributed by atoms with Crippen molar-refractivity contribution in [2.24, 2.45) is 0 Å². The van der Waals surface area contributed by atoms with E-state index in [1.807, 2.05) is 0 Å². The van der Waals surface area contributed by atoms with E-state index in [1.165, 1.54) is 0 Å². The molecule has 4 heavy (non-hydrogen) atoms. The van der Waals surface area contributed by atoms with Gasteiger partial charge in [0, 0.05) is 63.8 Å². The first-order valence-corrected chi connectivity index (χ1v) is 0. The topological polar surface area (TPSA) is 0 Å². The van der Waals surface area contributed by atoms with Gasteiger partial charge in [0.15, 0.2) is 0 Å². The molecule has 0 heterocycles. The third-order valence-corrected chi connectivity index (χ3v) is 0. The van der Waals surface area contributed by atoms with Crippen LogP contribution in [0.15, 0.2) is 0 Å². The van der Waals surface area contributed by atoms with Crippen molar-refractivity contribution in [1.82, 2.24) is 0 Å². The smallest absolute Gasteiger partial charge is 0 e. The van der Waals surface area contributed by atoms with Crippen molar-refractivity contribution < 1.29 is 63.8 Å². The Morgan fingerprint density at radius 1 is 1.00 bits per heavy atom. The van der Waals surface area contributed by atoms with E-state index in [0.717, 1.165) is 0 Å². The molecule has 0 saturated carbocycles. The predicted molar refractivity (Wildman–Crippen MR) is 8.54 cm³/mol. The van der Waals surface area contributed by atoms with Crippen LogP contribution in [0.2, 0.25) is 0 Å². The van der Waals surface area contributed by atoms with Gasteiger partial charge in [-0.15, -0.1) is 0 Å². The van der Waals surface area contributed by atoms with Crippen molar-refractivity contribution in [3.05, 3.63) is 0 Å². The van der Waals surface area contributed by atoms with Crippen LogP contribution in [0.25, 0.3) is 0 Å². The van der Waals surface area contributed by atoms with Gasteiger partial charge in [-0.2, -0.15) is 0 Å². The van der Waals surface area contributed by atoms with E-state index in [-0.39, 0.29) is 91.1 Å². The van der Waals surface area contributed by atoms with Crippen LogP contribution in [0.3, 0.4) is 0 Å². The Morgan fingerprint density at radius 3 is 1.00 bits per heavy atom. The summed E-state index contributed by atoms with van der Waals surface area (Å²) >= 11 is 0. The molecule has 0 aliphatic rings. The quantitative estimate of drug-likeness (QED) is 0.419. The molecule has 0 nitrogen and oxygen atoms in total. The molecular formula is H2CdCuPbZn. The summed E-state index contributed by atoms with van der Waals surface area (Å²) in [6, 6.07) is 0. The summed E-state index contributed by atoms with van der Waals surface area (Å²) in [6.45, 7) is 0. The first-order valence-electron chi connectivity index (χ1n) is 0. The maximum absolute atomic E-state index is 0. The van der Waals surface area contributed by atoms with Gasteiger partial charge in [0.1, 0.15) is 0 Å². The Bertz CT molecular complexity index is 8.00. The van der Waals surface area contributed by atoms with Crippen molar-refractivity contribution in [3.8, 4) is 0 Å². The van der Waals surface area contributed by atoms with Gasteiger partial charge in [0.25, 0.3) is 0 Å². The average Bonchev–Trinajstić information content (AvgIpc) is 0. The van der Waals surface area contributed by atoms with Crippen LogP contribution >= 0.6 is 0 Å². The summed E-state index contributed by atoms with van der Waals surface area (Å²) in [5.74, 6) is 0. The maximum Gasteiger partial charge on any atom is 0 e. The second-order valence-corrected chi connectivity index (χ2v) is 0. The van der Waals surface area contributed by atoms with Gasteiger partial charge in [-0.05, 0) is 0 Å². The van der Waals surface area contributed by atoms with Crippen LogP contribution in [-0.2, 0) is 63.8 Å². The molecule has 0 rings (SSSR count). The molecule has 21 valence electrons. The fourth-order valence-corrected chi connectivity index (χ4v) is 0. The van der Waals surface area contributed by atoms with Crippen molar-refractivity contribution in [2.45, 2.75) is 0 Å². The van der Waals surface area contributed by atoms with Crippen LogP contribution in [0.1, 0.15) is 0 Å². The van der Waals surface area contributed by atoms with Crippen LogP contribution in [0.5, 0.6) is 0 Å². The molecule has 0 unspecified atom stereocenters. The molecule has 0 N–H and O–H groups in total. The average molecular weight is 451 g/mol. The number of rotatable bonds is 0. The molecule has 0 saturated heterocycles.